The molecule has 0 amide bonds. The van der Waals surface area contributed by atoms with Gasteiger partial charge in [-0.25, -0.2) is 15.4 Å². The molecule has 1 aliphatic rings. The first-order chi connectivity index (χ1) is 11.5. The van der Waals surface area contributed by atoms with Gasteiger partial charge in [0.05, 0.1) is 19.1 Å². The Balaban J connectivity index is 2.17. The number of nitrogens with zero attached hydrogens (tertiary/aromatic N) is 3. The van der Waals surface area contributed by atoms with Gasteiger partial charge in [0, 0.05) is 11.8 Å². The molecule has 0 aromatic carbocycles. The van der Waals surface area contributed by atoms with Crippen molar-refractivity contribution in [3.8, 4) is 0 Å². The van der Waals surface area contributed by atoms with Crippen LogP contribution in [0.2, 0.25) is 0 Å². The molecular formula is C14H18N4O6. The van der Waals surface area contributed by atoms with Gasteiger partial charge in [-0.15, -0.1) is 0 Å². The third kappa shape index (κ3) is 2.36. The highest BCUT2D eigenvalue weighted by atomic mass is 16.6. The summed E-state index contributed by atoms with van der Waals surface area (Å²) in [6.45, 7) is 0.929. The molecule has 1 fully saturated rings. The van der Waals surface area contributed by atoms with Crippen LogP contribution in [0, 0.1) is 0 Å². The van der Waals surface area contributed by atoms with Crippen LogP contribution in [0.3, 0.4) is 0 Å². The van der Waals surface area contributed by atoms with Crippen molar-refractivity contribution >= 4 is 23.1 Å². The van der Waals surface area contributed by atoms with Crippen LogP contribution in [0.4, 0.5) is 5.82 Å². The summed E-state index contributed by atoms with van der Waals surface area (Å²) in [7, 11) is 1.40. The molecule has 1 unspecified atom stereocenters. The lowest BCUT2D eigenvalue weighted by Crippen LogP contribution is -2.44. The smallest absolute Gasteiger partial charge is 0.167 e. The third-order valence-electron chi connectivity index (χ3n) is 4.15. The van der Waals surface area contributed by atoms with E-state index < -0.39 is 30.6 Å². The molecule has 0 spiro atoms. The lowest BCUT2D eigenvalue weighted by molar-refractivity contribution is -0.0948. The van der Waals surface area contributed by atoms with Crippen molar-refractivity contribution in [2.24, 2.45) is 0 Å². The lowest BCUT2D eigenvalue weighted by Gasteiger charge is -2.27. The van der Waals surface area contributed by atoms with Crippen LogP contribution in [-0.2, 0) is 9.57 Å². The third-order valence-corrected chi connectivity index (χ3v) is 4.15. The number of aldehydes is 1. The molecule has 3 heterocycles. The van der Waals surface area contributed by atoms with Gasteiger partial charge < -0.3 is 24.6 Å². The second-order valence-corrected chi connectivity index (χ2v) is 5.72. The molecule has 10 heteroatoms. The molecule has 1 aliphatic heterocycles. The highest BCUT2D eigenvalue weighted by molar-refractivity contribution is 6.01. The first-order valence-electron chi connectivity index (χ1n) is 7.22. The molecule has 0 bridgehead atoms. The van der Waals surface area contributed by atoms with E-state index in [9.17, 15) is 20.1 Å². The standard InChI is InChI=1S/C14H18N4O6/c1-14(22)10(21)8(5-20)24-13(14)18-3-7(4-19)9-11(17-23-2)15-6-16-12(9)18/h3-4,6,8,10,13,20-22H,5H2,1-2H3,(H,15,16,17)/t8-,10-,13-,14?/m1/s1. The number of aromatic nitrogens is 3. The topological polar surface area (TPSA) is 139 Å². The molecule has 0 radical (unpaired) electrons. The molecular weight excluding hydrogens is 320 g/mol. The van der Waals surface area contributed by atoms with Crippen LogP contribution >= 0.6 is 0 Å². The molecule has 10 nitrogen and oxygen atoms in total. The molecule has 4 atom stereocenters. The first-order valence-corrected chi connectivity index (χ1v) is 7.22. The quantitative estimate of drug-likeness (QED) is 0.408. The largest absolute Gasteiger partial charge is 0.394 e. The van der Waals surface area contributed by atoms with Crippen molar-refractivity contribution in [1.29, 1.82) is 0 Å². The van der Waals surface area contributed by atoms with E-state index in [2.05, 4.69) is 15.4 Å². The molecule has 3 rings (SSSR count). The van der Waals surface area contributed by atoms with E-state index in [-0.39, 0.29) is 11.4 Å². The maximum Gasteiger partial charge on any atom is 0.167 e. The molecule has 2 aromatic heterocycles. The Morgan fingerprint density at radius 1 is 1.54 bits per heavy atom. The van der Waals surface area contributed by atoms with Crippen molar-refractivity contribution in [1.82, 2.24) is 14.5 Å². The fourth-order valence-corrected chi connectivity index (χ4v) is 2.95. The van der Waals surface area contributed by atoms with Gasteiger partial charge in [-0.1, -0.05) is 0 Å². The zero-order valence-corrected chi connectivity index (χ0v) is 13.1. The predicted octanol–water partition coefficient (Wildman–Crippen LogP) is -0.781. The maximum absolute atomic E-state index is 11.4. The van der Waals surface area contributed by atoms with Crippen LogP contribution in [0.1, 0.15) is 23.5 Å². The zero-order chi connectivity index (χ0) is 17.5. The molecule has 0 saturated carbocycles. The fourth-order valence-electron chi connectivity index (χ4n) is 2.95. The normalized spacial score (nSPS) is 30.0. The number of aliphatic hydroxyl groups excluding tert-OH is 2. The van der Waals surface area contributed by atoms with E-state index >= 15 is 0 Å². The highest BCUT2D eigenvalue weighted by Gasteiger charge is 2.53. The second-order valence-electron chi connectivity index (χ2n) is 5.72. The molecule has 130 valence electrons. The number of nitrogens with one attached hydrogen (secondary N) is 1. The number of carbonyl (C=O) groups excluding carboxylic acids is 1. The number of hydrogen-bond donors (Lipinski definition) is 4. The average Bonchev–Trinajstić information content (AvgIpc) is 3.04. The predicted molar refractivity (Wildman–Crippen MR) is 81.2 cm³/mol. The van der Waals surface area contributed by atoms with E-state index in [4.69, 9.17) is 9.57 Å². The SMILES string of the molecule is CONc1ncnc2c1c(C=O)cn2[C@@H]1O[C@H](CO)[C@@H](O)C1(C)O. The van der Waals surface area contributed by atoms with Gasteiger partial charge in [0.1, 0.15) is 29.8 Å². The number of rotatable bonds is 5. The summed E-state index contributed by atoms with van der Waals surface area (Å²) in [6.07, 6.45) is 0.0128. The Morgan fingerprint density at radius 2 is 2.29 bits per heavy atom. The fraction of sp³-hybridized carbons (Fsp3) is 0.500. The van der Waals surface area contributed by atoms with E-state index in [0.717, 1.165) is 0 Å². The van der Waals surface area contributed by atoms with Gasteiger partial charge in [0.25, 0.3) is 0 Å². The Kier molecular flexibility index (Phi) is 4.24. The van der Waals surface area contributed by atoms with Crippen molar-refractivity contribution < 1.29 is 29.7 Å². The number of carbonyl (C=O) groups is 1. The van der Waals surface area contributed by atoms with Crippen molar-refractivity contribution in [2.45, 2.75) is 31.0 Å². The summed E-state index contributed by atoms with van der Waals surface area (Å²) < 4.78 is 7.01. The highest BCUT2D eigenvalue weighted by Crippen LogP contribution is 2.40. The molecule has 0 aliphatic carbocycles. The Labute approximate surface area is 136 Å². The Hall–Kier alpha value is -2.11. The number of anilines is 1. The summed E-state index contributed by atoms with van der Waals surface area (Å²) in [6, 6.07) is 0. The van der Waals surface area contributed by atoms with E-state index in [1.54, 1.807) is 0 Å². The van der Waals surface area contributed by atoms with Crippen LogP contribution in [0.15, 0.2) is 12.5 Å². The first kappa shape index (κ1) is 16.7. The molecule has 4 N–H and O–H groups in total. The minimum Gasteiger partial charge on any atom is -0.394 e. The number of ether oxygens (including phenoxy) is 1. The van der Waals surface area contributed by atoms with E-state index in [1.807, 2.05) is 0 Å². The number of hydrogen-bond acceptors (Lipinski definition) is 9. The van der Waals surface area contributed by atoms with Crippen LogP contribution in [0.25, 0.3) is 11.0 Å². The van der Waals surface area contributed by atoms with Crippen LogP contribution < -0.4 is 5.48 Å². The average molecular weight is 338 g/mol. The zero-order valence-electron chi connectivity index (χ0n) is 13.1. The molecule has 24 heavy (non-hydrogen) atoms. The van der Waals surface area contributed by atoms with Gasteiger partial charge in [0.2, 0.25) is 0 Å². The van der Waals surface area contributed by atoms with Crippen molar-refractivity contribution in [3.05, 3.63) is 18.1 Å². The van der Waals surface area contributed by atoms with Gasteiger partial charge in [-0.05, 0) is 6.92 Å². The lowest BCUT2D eigenvalue weighted by atomic mass is 9.96. The van der Waals surface area contributed by atoms with Gasteiger partial charge in [0.15, 0.2) is 18.3 Å². The molecule has 1 saturated heterocycles. The van der Waals surface area contributed by atoms with Gasteiger partial charge in [-0.3, -0.25) is 9.63 Å². The summed E-state index contributed by atoms with van der Waals surface area (Å²) in [5, 5.41) is 30.4. The van der Waals surface area contributed by atoms with E-state index in [1.165, 1.54) is 31.1 Å². The van der Waals surface area contributed by atoms with Crippen LogP contribution in [-0.4, -0.2) is 67.7 Å². The van der Waals surface area contributed by atoms with Crippen molar-refractivity contribution in [2.75, 3.05) is 19.2 Å². The summed E-state index contributed by atoms with van der Waals surface area (Å²) in [5.74, 6) is 0.278. The minimum atomic E-state index is -1.70. The summed E-state index contributed by atoms with van der Waals surface area (Å²) >= 11 is 0. The van der Waals surface area contributed by atoms with E-state index in [0.29, 0.717) is 17.3 Å². The minimum absolute atomic E-state index is 0.256. The van der Waals surface area contributed by atoms with Crippen molar-refractivity contribution in [3.63, 3.8) is 0 Å². The van der Waals surface area contributed by atoms with Crippen LogP contribution in [0.5, 0.6) is 0 Å². The summed E-state index contributed by atoms with van der Waals surface area (Å²) in [5.41, 5.74) is 1.43. The Morgan fingerprint density at radius 3 is 2.88 bits per heavy atom. The summed E-state index contributed by atoms with van der Waals surface area (Å²) in [4.78, 5) is 24.4. The maximum atomic E-state index is 11.4. The van der Waals surface area contributed by atoms with Gasteiger partial charge in [-0.2, -0.15) is 0 Å². The number of aliphatic hydroxyl groups is 3. The number of fused-ring (bicyclic) bond motifs is 1. The second kappa shape index (κ2) is 6.07. The van der Waals surface area contributed by atoms with Gasteiger partial charge >= 0.3 is 0 Å². The molecule has 2 aromatic rings. The monoisotopic (exact) mass is 338 g/mol. The Bertz CT molecular complexity index is 761.